The third-order valence-corrected chi connectivity index (χ3v) is 3.74. The fourth-order valence-electron chi connectivity index (χ4n) is 2.72. The van der Waals surface area contributed by atoms with Gasteiger partial charge in [0, 0.05) is 11.7 Å². The molecule has 0 aliphatic heterocycles. The molecule has 3 heteroatoms. The number of aliphatic hydroxyl groups is 1. The molecule has 0 heterocycles. The molecule has 0 saturated carbocycles. The van der Waals surface area contributed by atoms with Crippen LogP contribution in [0.3, 0.4) is 0 Å². The van der Waals surface area contributed by atoms with E-state index in [-0.39, 0.29) is 18.7 Å². The molecule has 1 aliphatic rings. The number of fused-ring (bicyclic) bond motifs is 1. The Kier molecular flexibility index (Phi) is 3.23. The van der Waals surface area contributed by atoms with Crippen molar-refractivity contribution in [1.29, 1.82) is 0 Å². The highest BCUT2D eigenvalue weighted by Crippen LogP contribution is 2.38. The Labute approximate surface area is 113 Å². The Bertz CT molecular complexity index is 565. The number of hydrogen-bond acceptors (Lipinski definition) is 3. The summed E-state index contributed by atoms with van der Waals surface area (Å²) in [6.07, 6.45) is 0.918. The molecular weight excluding hydrogens is 236 g/mol. The molecule has 2 unspecified atom stereocenters. The van der Waals surface area contributed by atoms with E-state index >= 15 is 0 Å². The molecule has 19 heavy (non-hydrogen) atoms. The smallest absolute Gasteiger partial charge is 0.0681 e. The minimum atomic E-state index is 0.0808. The predicted octanol–water partition coefficient (Wildman–Crippen LogP) is 2.74. The minimum absolute atomic E-state index is 0.0808. The molecule has 0 aromatic heterocycles. The number of benzene rings is 2. The maximum Gasteiger partial charge on any atom is 0.0681 e. The van der Waals surface area contributed by atoms with Crippen LogP contribution in [0, 0.1) is 0 Å². The molecule has 3 rings (SSSR count). The number of rotatable bonds is 3. The highest BCUT2D eigenvalue weighted by atomic mass is 16.3. The van der Waals surface area contributed by atoms with Gasteiger partial charge in [0.05, 0.1) is 12.6 Å². The van der Waals surface area contributed by atoms with Gasteiger partial charge in [0.2, 0.25) is 0 Å². The SMILES string of the molecule is NC1CC(Nc2ccc(CO)cc2)c2ccccc21. The highest BCUT2D eigenvalue weighted by Gasteiger charge is 2.27. The van der Waals surface area contributed by atoms with Gasteiger partial charge < -0.3 is 16.2 Å². The molecule has 0 saturated heterocycles. The quantitative estimate of drug-likeness (QED) is 0.789. The van der Waals surface area contributed by atoms with Crippen molar-refractivity contribution in [3.63, 3.8) is 0 Å². The summed E-state index contributed by atoms with van der Waals surface area (Å²) < 4.78 is 0. The standard InChI is InChI=1S/C16H18N2O/c17-15-9-16(14-4-2-1-3-13(14)15)18-12-7-5-11(10-19)6-8-12/h1-8,15-16,18-19H,9-10,17H2. The van der Waals surface area contributed by atoms with Gasteiger partial charge in [-0.15, -0.1) is 0 Å². The first-order valence-electron chi connectivity index (χ1n) is 6.58. The van der Waals surface area contributed by atoms with Gasteiger partial charge in [-0.2, -0.15) is 0 Å². The number of nitrogens with one attached hydrogen (secondary N) is 1. The van der Waals surface area contributed by atoms with Crippen LogP contribution in [0.4, 0.5) is 5.69 Å². The number of nitrogens with two attached hydrogens (primary N) is 1. The van der Waals surface area contributed by atoms with E-state index < -0.39 is 0 Å². The van der Waals surface area contributed by atoms with Gasteiger partial charge in [-0.05, 0) is 35.2 Å². The molecule has 0 spiro atoms. The summed E-state index contributed by atoms with van der Waals surface area (Å²) >= 11 is 0. The maximum atomic E-state index is 9.04. The molecule has 0 radical (unpaired) electrons. The maximum absolute atomic E-state index is 9.04. The zero-order valence-electron chi connectivity index (χ0n) is 10.7. The largest absolute Gasteiger partial charge is 0.392 e. The van der Waals surface area contributed by atoms with Crippen molar-refractivity contribution >= 4 is 5.69 Å². The van der Waals surface area contributed by atoms with Crippen LogP contribution in [0.5, 0.6) is 0 Å². The van der Waals surface area contributed by atoms with E-state index in [0.717, 1.165) is 17.7 Å². The van der Waals surface area contributed by atoms with Crippen LogP contribution in [-0.2, 0) is 6.61 Å². The molecule has 3 nitrogen and oxygen atoms in total. The summed E-state index contributed by atoms with van der Waals surface area (Å²) in [6, 6.07) is 16.6. The lowest BCUT2D eigenvalue weighted by Crippen LogP contribution is -2.09. The molecule has 0 bridgehead atoms. The Hall–Kier alpha value is -1.84. The molecule has 2 aromatic rings. The lowest BCUT2D eigenvalue weighted by molar-refractivity contribution is 0.282. The van der Waals surface area contributed by atoms with Gasteiger partial charge in [-0.25, -0.2) is 0 Å². The van der Waals surface area contributed by atoms with E-state index in [9.17, 15) is 0 Å². The second-order valence-corrected chi connectivity index (χ2v) is 5.02. The van der Waals surface area contributed by atoms with Gasteiger partial charge in [0.15, 0.2) is 0 Å². The fourth-order valence-corrected chi connectivity index (χ4v) is 2.72. The predicted molar refractivity (Wildman–Crippen MR) is 76.7 cm³/mol. The zero-order chi connectivity index (χ0) is 13.2. The average molecular weight is 254 g/mol. The third-order valence-electron chi connectivity index (χ3n) is 3.74. The summed E-state index contributed by atoms with van der Waals surface area (Å²) in [5.41, 5.74) is 10.7. The van der Waals surface area contributed by atoms with Crippen LogP contribution in [0.25, 0.3) is 0 Å². The van der Waals surface area contributed by atoms with E-state index in [1.165, 1.54) is 11.1 Å². The average Bonchev–Trinajstić information content (AvgIpc) is 2.77. The first kappa shape index (κ1) is 12.2. The lowest BCUT2D eigenvalue weighted by Gasteiger charge is -2.15. The van der Waals surface area contributed by atoms with E-state index in [1.54, 1.807) is 0 Å². The lowest BCUT2D eigenvalue weighted by atomic mass is 10.1. The summed E-state index contributed by atoms with van der Waals surface area (Å²) in [6.45, 7) is 0.0808. The van der Waals surface area contributed by atoms with Gasteiger partial charge in [-0.3, -0.25) is 0 Å². The number of aliphatic hydroxyl groups excluding tert-OH is 1. The molecule has 2 atom stereocenters. The van der Waals surface area contributed by atoms with Crippen molar-refractivity contribution in [3.8, 4) is 0 Å². The summed E-state index contributed by atoms with van der Waals surface area (Å²) in [5.74, 6) is 0. The normalized spacial score (nSPS) is 21.2. The second kappa shape index (κ2) is 5.03. The van der Waals surface area contributed by atoms with Crippen LogP contribution >= 0.6 is 0 Å². The monoisotopic (exact) mass is 254 g/mol. The minimum Gasteiger partial charge on any atom is -0.392 e. The van der Waals surface area contributed by atoms with E-state index in [4.69, 9.17) is 10.8 Å². The fraction of sp³-hybridized carbons (Fsp3) is 0.250. The van der Waals surface area contributed by atoms with Crippen molar-refractivity contribution in [2.45, 2.75) is 25.1 Å². The summed E-state index contributed by atoms with van der Waals surface area (Å²) in [7, 11) is 0. The molecule has 0 fully saturated rings. The number of hydrogen-bond donors (Lipinski definition) is 3. The molecule has 4 N–H and O–H groups in total. The second-order valence-electron chi connectivity index (χ2n) is 5.02. The van der Waals surface area contributed by atoms with E-state index in [1.807, 2.05) is 30.3 Å². The van der Waals surface area contributed by atoms with Crippen LogP contribution < -0.4 is 11.1 Å². The number of anilines is 1. The van der Waals surface area contributed by atoms with Crippen LogP contribution in [0.2, 0.25) is 0 Å². The molecule has 1 aliphatic carbocycles. The molecule has 0 amide bonds. The first-order valence-corrected chi connectivity index (χ1v) is 6.58. The molecule has 98 valence electrons. The van der Waals surface area contributed by atoms with Crippen LogP contribution in [0.1, 0.15) is 35.2 Å². The van der Waals surface area contributed by atoms with E-state index in [0.29, 0.717) is 0 Å². The Morgan fingerprint density at radius 1 is 1.05 bits per heavy atom. The Morgan fingerprint density at radius 2 is 1.74 bits per heavy atom. The zero-order valence-corrected chi connectivity index (χ0v) is 10.7. The van der Waals surface area contributed by atoms with Crippen molar-refractivity contribution < 1.29 is 5.11 Å². The van der Waals surface area contributed by atoms with Gasteiger partial charge in [0.25, 0.3) is 0 Å². The topological polar surface area (TPSA) is 58.3 Å². The van der Waals surface area contributed by atoms with Gasteiger partial charge in [0.1, 0.15) is 0 Å². The summed E-state index contributed by atoms with van der Waals surface area (Å²) in [4.78, 5) is 0. The molecular formula is C16H18N2O. The van der Waals surface area contributed by atoms with Gasteiger partial charge >= 0.3 is 0 Å². The Balaban J connectivity index is 1.81. The highest BCUT2D eigenvalue weighted by molar-refractivity contribution is 5.49. The van der Waals surface area contributed by atoms with Crippen molar-refractivity contribution in [3.05, 3.63) is 65.2 Å². The van der Waals surface area contributed by atoms with Crippen molar-refractivity contribution in [1.82, 2.24) is 0 Å². The Morgan fingerprint density at radius 3 is 2.42 bits per heavy atom. The van der Waals surface area contributed by atoms with Crippen LogP contribution in [-0.4, -0.2) is 5.11 Å². The third kappa shape index (κ3) is 2.35. The first-order chi connectivity index (χ1) is 9.28. The molecule has 2 aromatic carbocycles. The van der Waals surface area contributed by atoms with Crippen LogP contribution in [0.15, 0.2) is 48.5 Å². The van der Waals surface area contributed by atoms with Crippen molar-refractivity contribution in [2.24, 2.45) is 5.73 Å². The van der Waals surface area contributed by atoms with Crippen molar-refractivity contribution in [2.75, 3.05) is 5.32 Å². The van der Waals surface area contributed by atoms with Gasteiger partial charge in [-0.1, -0.05) is 36.4 Å². The summed E-state index contributed by atoms with van der Waals surface area (Å²) in [5, 5.41) is 12.6. The van der Waals surface area contributed by atoms with E-state index in [2.05, 4.69) is 23.5 Å².